The molecular formula is C21H16N2O2S. The smallest absolute Gasteiger partial charge is 0.298 e. The largest absolute Gasteiger partial charge is 0.317 e. The number of thioether (sulfide) groups is 1. The molecule has 0 bridgehead atoms. The summed E-state index contributed by atoms with van der Waals surface area (Å²) in [4.78, 5) is 26.7. The van der Waals surface area contributed by atoms with E-state index in [1.54, 1.807) is 18.2 Å². The molecule has 26 heavy (non-hydrogen) atoms. The van der Waals surface area contributed by atoms with E-state index in [1.807, 2.05) is 72.3 Å². The Morgan fingerprint density at radius 3 is 2.31 bits per heavy atom. The number of rotatable bonds is 3. The lowest BCUT2D eigenvalue weighted by Crippen LogP contribution is -2.27. The van der Waals surface area contributed by atoms with E-state index in [9.17, 15) is 9.59 Å². The summed E-state index contributed by atoms with van der Waals surface area (Å²) in [6.07, 6.45) is 3.71. The molecule has 0 aliphatic carbocycles. The van der Waals surface area contributed by atoms with Crippen molar-refractivity contribution in [3.05, 3.63) is 89.1 Å². The minimum Gasteiger partial charge on any atom is -0.317 e. The van der Waals surface area contributed by atoms with Gasteiger partial charge >= 0.3 is 0 Å². The Bertz CT molecular complexity index is 1000. The number of hydrogen-bond donors (Lipinski definition) is 0. The van der Waals surface area contributed by atoms with Crippen molar-refractivity contribution in [1.82, 2.24) is 4.57 Å². The number of benzene rings is 2. The summed E-state index contributed by atoms with van der Waals surface area (Å²) in [6, 6.07) is 21.0. The molecule has 128 valence electrons. The van der Waals surface area contributed by atoms with Gasteiger partial charge in [-0.25, -0.2) is 4.90 Å². The van der Waals surface area contributed by atoms with Crippen LogP contribution in [0.1, 0.15) is 11.3 Å². The third kappa shape index (κ3) is 2.97. The number of imide groups is 1. The van der Waals surface area contributed by atoms with Gasteiger partial charge in [-0.1, -0.05) is 35.9 Å². The van der Waals surface area contributed by atoms with Crippen LogP contribution in [0.2, 0.25) is 0 Å². The monoisotopic (exact) mass is 360 g/mol. The van der Waals surface area contributed by atoms with Gasteiger partial charge in [0.1, 0.15) is 0 Å². The van der Waals surface area contributed by atoms with Crippen molar-refractivity contribution < 1.29 is 9.59 Å². The first-order valence-corrected chi connectivity index (χ1v) is 9.02. The number of aryl methyl sites for hydroxylation is 1. The van der Waals surface area contributed by atoms with Gasteiger partial charge < -0.3 is 4.57 Å². The second kappa shape index (κ2) is 6.69. The molecule has 1 fully saturated rings. The minimum atomic E-state index is -0.289. The lowest BCUT2D eigenvalue weighted by molar-refractivity contribution is -0.113. The highest BCUT2D eigenvalue weighted by atomic mass is 32.2. The summed E-state index contributed by atoms with van der Waals surface area (Å²) in [5.74, 6) is -0.289. The molecule has 0 saturated carbocycles. The van der Waals surface area contributed by atoms with Gasteiger partial charge in [-0.3, -0.25) is 9.59 Å². The number of carbonyl (C=O) groups excluding carboxylic acids is 2. The van der Waals surface area contributed by atoms with E-state index >= 15 is 0 Å². The Labute approximate surface area is 155 Å². The second-order valence-corrected chi connectivity index (χ2v) is 6.98. The highest BCUT2D eigenvalue weighted by molar-refractivity contribution is 8.19. The molecule has 1 aromatic heterocycles. The average molecular weight is 360 g/mol. The Hall–Kier alpha value is -3.05. The Kier molecular flexibility index (Phi) is 4.22. The van der Waals surface area contributed by atoms with E-state index in [0.717, 1.165) is 23.1 Å². The lowest BCUT2D eigenvalue weighted by atomic mass is 10.2. The first kappa shape index (κ1) is 16.4. The number of amides is 2. The molecule has 3 aromatic rings. The van der Waals surface area contributed by atoms with Crippen LogP contribution in [0.3, 0.4) is 0 Å². The summed E-state index contributed by atoms with van der Waals surface area (Å²) >= 11 is 0.966. The fourth-order valence-electron chi connectivity index (χ4n) is 2.85. The number of nitrogens with zero attached hydrogens (tertiary/aromatic N) is 2. The molecule has 0 atom stereocenters. The SMILES string of the molecule is Cc1ccc(-n2cccc2/C=C2/SC(=O)N(c3ccccc3)C2=O)cc1. The minimum absolute atomic E-state index is 0.277. The van der Waals surface area contributed by atoms with Crippen LogP contribution in [0, 0.1) is 6.92 Å². The molecule has 1 aliphatic heterocycles. The molecule has 5 heteroatoms. The van der Waals surface area contributed by atoms with Crippen LogP contribution in [0.25, 0.3) is 11.8 Å². The van der Waals surface area contributed by atoms with E-state index in [4.69, 9.17) is 0 Å². The number of hydrogen-bond acceptors (Lipinski definition) is 3. The van der Waals surface area contributed by atoms with Crippen molar-refractivity contribution in [1.29, 1.82) is 0 Å². The molecule has 2 amide bonds. The first-order chi connectivity index (χ1) is 12.6. The first-order valence-electron chi connectivity index (χ1n) is 8.21. The third-order valence-electron chi connectivity index (χ3n) is 4.18. The number of para-hydroxylation sites is 1. The van der Waals surface area contributed by atoms with Gasteiger partial charge in [0.15, 0.2) is 0 Å². The molecule has 4 nitrogen and oxygen atoms in total. The van der Waals surface area contributed by atoms with Crippen LogP contribution in [-0.2, 0) is 4.79 Å². The van der Waals surface area contributed by atoms with E-state index in [1.165, 1.54) is 10.5 Å². The van der Waals surface area contributed by atoms with Crippen molar-refractivity contribution in [3.63, 3.8) is 0 Å². The number of anilines is 1. The molecule has 0 radical (unpaired) electrons. The maximum atomic E-state index is 12.7. The summed E-state index contributed by atoms with van der Waals surface area (Å²) in [7, 11) is 0. The van der Waals surface area contributed by atoms with Gasteiger partial charge in [-0.05, 0) is 61.2 Å². The summed E-state index contributed by atoms with van der Waals surface area (Å²) in [6.45, 7) is 2.04. The Morgan fingerprint density at radius 1 is 0.846 bits per heavy atom. The molecule has 4 rings (SSSR count). The van der Waals surface area contributed by atoms with Crippen LogP contribution in [0.4, 0.5) is 10.5 Å². The van der Waals surface area contributed by atoms with Crippen molar-refractivity contribution in [3.8, 4) is 5.69 Å². The molecule has 1 saturated heterocycles. The summed E-state index contributed by atoms with van der Waals surface area (Å²) < 4.78 is 2.00. The second-order valence-electron chi connectivity index (χ2n) is 5.99. The van der Waals surface area contributed by atoms with Crippen LogP contribution < -0.4 is 4.90 Å². The molecule has 0 N–H and O–H groups in total. The van der Waals surface area contributed by atoms with E-state index in [-0.39, 0.29) is 11.1 Å². The maximum absolute atomic E-state index is 12.7. The number of aromatic nitrogens is 1. The average Bonchev–Trinajstić information content (AvgIpc) is 3.21. The molecule has 1 aliphatic rings. The summed E-state index contributed by atoms with van der Waals surface area (Å²) in [5, 5.41) is -0.277. The van der Waals surface area contributed by atoms with E-state index in [2.05, 4.69) is 0 Å². The van der Waals surface area contributed by atoms with Gasteiger partial charge in [0.05, 0.1) is 10.6 Å². The normalized spacial score (nSPS) is 15.9. The van der Waals surface area contributed by atoms with E-state index < -0.39 is 0 Å². The van der Waals surface area contributed by atoms with Gasteiger partial charge in [0.25, 0.3) is 11.1 Å². The van der Waals surface area contributed by atoms with Gasteiger partial charge in [0, 0.05) is 17.6 Å². The topological polar surface area (TPSA) is 42.3 Å². The van der Waals surface area contributed by atoms with Crippen molar-refractivity contribution in [2.45, 2.75) is 6.92 Å². The Morgan fingerprint density at radius 2 is 1.58 bits per heavy atom. The van der Waals surface area contributed by atoms with Crippen molar-refractivity contribution >= 4 is 34.7 Å². The molecular weight excluding hydrogens is 344 g/mol. The van der Waals surface area contributed by atoms with Crippen molar-refractivity contribution in [2.75, 3.05) is 4.90 Å². The summed E-state index contributed by atoms with van der Waals surface area (Å²) in [5.41, 5.74) is 3.64. The van der Waals surface area contributed by atoms with Gasteiger partial charge in [-0.15, -0.1) is 0 Å². The quantitative estimate of drug-likeness (QED) is 0.616. The zero-order valence-electron chi connectivity index (χ0n) is 14.1. The van der Waals surface area contributed by atoms with E-state index in [0.29, 0.717) is 10.6 Å². The number of carbonyl (C=O) groups is 2. The third-order valence-corrected chi connectivity index (χ3v) is 5.05. The molecule has 0 spiro atoms. The Balaban J connectivity index is 1.68. The molecule has 2 heterocycles. The predicted octanol–water partition coefficient (Wildman–Crippen LogP) is 5.03. The highest BCUT2D eigenvalue weighted by Gasteiger charge is 2.36. The van der Waals surface area contributed by atoms with Crippen molar-refractivity contribution in [2.24, 2.45) is 0 Å². The van der Waals surface area contributed by atoms with Gasteiger partial charge in [0.2, 0.25) is 0 Å². The zero-order valence-corrected chi connectivity index (χ0v) is 14.9. The molecule has 0 unspecified atom stereocenters. The molecule has 2 aromatic carbocycles. The standard InChI is InChI=1S/C21H16N2O2S/c1-15-9-11-16(12-10-15)22-13-5-8-18(22)14-19-20(24)23(21(25)26-19)17-6-3-2-4-7-17/h2-14H,1H3/b19-14+. The van der Waals surface area contributed by atoms with Crippen LogP contribution >= 0.6 is 11.8 Å². The van der Waals surface area contributed by atoms with Gasteiger partial charge in [-0.2, -0.15) is 0 Å². The lowest BCUT2D eigenvalue weighted by Gasteiger charge is -2.11. The predicted molar refractivity (Wildman–Crippen MR) is 105 cm³/mol. The van der Waals surface area contributed by atoms with Crippen LogP contribution in [0.5, 0.6) is 0 Å². The zero-order chi connectivity index (χ0) is 18.1. The maximum Gasteiger partial charge on any atom is 0.298 e. The fraction of sp³-hybridized carbons (Fsp3) is 0.0476. The highest BCUT2D eigenvalue weighted by Crippen LogP contribution is 2.35. The van der Waals surface area contributed by atoms with Crippen LogP contribution in [-0.4, -0.2) is 15.7 Å². The fourth-order valence-corrected chi connectivity index (χ4v) is 3.68. The van der Waals surface area contributed by atoms with Crippen LogP contribution in [0.15, 0.2) is 77.8 Å².